The molecule has 2 heterocycles. The number of carbonyl (C=O) groups is 2. The second-order valence-corrected chi connectivity index (χ2v) is 3.78. The normalized spacial score (nSPS) is 17.3. The van der Waals surface area contributed by atoms with E-state index in [4.69, 9.17) is 0 Å². The Kier molecular flexibility index (Phi) is 2.30. The van der Waals surface area contributed by atoms with E-state index in [2.05, 4.69) is 5.10 Å². The van der Waals surface area contributed by atoms with E-state index in [1.165, 1.54) is 0 Å². The Morgan fingerprint density at radius 2 is 2.13 bits per heavy atom. The molecule has 0 aliphatic carbocycles. The largest absolute Gasteiger partial charge is 0.308 e. The minimum atomic E-state index is -0.123. The van der Waals surface area contributed by atoms with Crippen molar-refractivity contribution in [1.29, 1.82) is 0 Å². The zero-order valence-corrected chi connectivity index (χ0v) is 8.86. The van der Waals surface area contributed by atoms with E-state index in [9.17, 15) is 9.59 Å². The molecule has 0 atom stereocenters. The second-order valence-electron chi connectivity index (χ2n) is 3.78. The van der Waals surface area contributed by atoms with Gasteiger partial charge in [-0.15, -0.1) is 0 Å². The number of ketones is 1. The van der Waals surface area contributed by atoms with Gasteiger partial charge in [0.1, 0.15) is 5.78 Å². The lowest BCUT2D eigenvalue weighted by molar-refractivity contribution is -0.128. The summed E-state index contributed by atoms with van der Waals surface area (Å²) in [7, 11) is 1.82. The molecule has 2 rings (SSSR count). The van der Waals surface area contributed by atoms with Crippen LogP contribution >= 0.6 is 0 Å². The minimum Gasteiger partial charge on any atom is -0.308 e. The first-order chi connectivity index (χ1) is 7.08. The average molecular weight is 207 g/mol. The number of hydrogen-bond donors (Lipinski definition) is 0. The molecule has 0 aromatic carbocycles. The summed E-state index contributed by atoms with van der Waals surface area (Å²) in [5, 5.41) is 4.18. The predicted octanol–water partition coefficient (Wildman–Crippen LogP) is 0.424. The molecule has 1 amide bonds. The lowest BCUT2D eigenvalue weighted by Crippen LogP contribution is -2.39. The van der Waals surface area contributed by atoms with Crippen molar-refractivity contribution in [3.05, 3.63) is 11.9 Å². The third kappa shape index (κ3) is 1.77. The van der Waals surface area contributed by atoms with Crippen molar-refractivity contribution in [2.45, 2.75) is 19.8 Å². The van der Waals surface area contributed by atoms with Crippen LogP contribution in [0.4, 0.5) is 5.69 Å². The molecule has 1 aliphatic heterocycles. The van der Waals surface area contributed by atoms with E-state index in [0.717, 1.165) is 11.4 Å². The highest BCUT2D eigenvalue weighted by Gasteiger charge is 2.26. The zero-order chi connectivity index (χ0) is 11.0. The fourth-order valence-corrected chi connectivity index (χ4v) is 1.82. The zero-order valence-electron chi connectivity index (χ0n) is 8.86. The van der Waals surface area contributed by atoms with Crippen LogP contribution in [0.1, 0.15) is 18.5 Å². The summed E-state index contributed by atoms with van der Waals surface area (Å²) < 4.78 is 1.67. The Balaban J connectivity index is 2.27. The lowest BCUT2D eigenvalue weighted by atomic mass is 10.1. The summed E-state index contributed by atoms with van der Waals surface area (Å²) in [6.07, 6.45) is 2.28. The van der Waals surface area contributed by atoms with Gasteiger partial charge in [-0.2, -0.15) is 5.10 Å². The summed E-state index contributed by atoms with van der Waals surface area (Å²) in [5.74, 6) is -0.0971. The summed E-state index contributed by atoms with van der Waals surface area (Å²) in [6, 6.07) is 0. The monoisotopic (exact) mass is 207 g/mol. The predicted molar refractivity (Wildman–Crippen MR) is 54.5 cm³/mol. The summed E-state index contributed by atoms with van der Waals surface area (Å²) in [6.45, 7) is 2.34. The van der Waals surface area contributed by atoms with Crippen molar-refractivity contribution in [3.8, 4) is 0 Å². The Morgan fingerprint density at radius 3 is 2.67 bits per heavy atom. The van der Waals surface area contributed by atoms with E-state index < -0.39 is 0 Å². The molecule has 15 heavy (non-hydrogen) atoms. The van der Waals surface area contributed by atoms with Crippen molar-refractivity contribution >= 4 is 17.4 Å². The third-order valence-corrected chi connectivity index (χ3v) is 2.54. The molecule has 1 fully saturated rings. The standard InChI is InChI=1S/C10H13N3O2/c1-7-9(6-12(2)11-7)13-4-3-8(14)5-10(13)15/h6H,3-5H2,1-2H3. The molecule has 0 saturated carbocycles. The Labute approximate surface area is 87.7 Å². The number of piperidine rings is 1. The number of hydrogen-bond acceptors (Lipinski definition) is 3. The molecule has 0 bridgehead atoms. The molecule has 0 N–H and O–H groups in total. The SMILES string of the molecule is Cc1nn(C)cc1N1CCC(=O)CC1=O. The molecule has 5 nitrogen and oxygen atoms in total. The summed E-state index contributed by atoms with van der Waals surface area (Å²) in [5.41, 5.74) is 1.63. The van der Waals surface area contributed by atoms with Gasteiger partial charge in [-0.3, -0.25) is 14.3 Å². The van der Waals surface area contributed by atoms with E-state index >= 15 is 0 Å². The van der Waals surface area contributed by atoms with Gasteiger partial charge in [0.25, 0.3) is 0 Å². The highest BCUT2D eigenvalue weighted by atomic mass is 16.2. The molecule has 5 heteroatoms. The molecule has 0 spiro atoms. The van der Waals surface area contributed by atoms with Crippen LogP contribution in [0.15, 0.2) is 6.20 Å². The van der Waals surface area contributed by atoms with Crippen LogP contribution in [0.3, 0.4) is 0 Å². The van der Waals surface area contributed by atoms with Crippen molar-refractivity contribution < 1.29 is 9.59 Å². The summed E-state index contributed by atoms with van der Waals surface area (Å²) >= 11 is 0. The molecule has 1 saturated heterocycles. The number of amides is 1. The number of aryl methyl sites for hydroxylation is 2. The van der Waals surface area contributed by atoms with Gasteiger partial charge in [-0.05, 0) is 6.92 Å². The fraction of sp³-hybridized carbons (Fsp3) is 0.500. The third-order valence-electron chi connectivity index (χ3n) is 2.54. The quantitative estimate of drug-likeness (QED) is 0.627. The van der Waals surface area contributed by atoms with Crippen molar-refractivity contribution in [1.82, 2.24) is 9.78 Å². The lowest BCUT2D eigenvalue weighted by Gasteiger charge is -2.25. The first-order valence-electron chi connectivity index (χ1n) is 4.90. The van der Waals surface area contributed by atoms with Crippen LogP contribution in [-0.2, 0) is 16.6 Å². The average Bonchev–Trinajstić information content (AvgIpc) is 2.45. The van der Waals surface area contributed by atoms with Crippen LogP contribution in [0.2, 0.25) is 0 Å². The topological polar surface area (TPSA) is 55.2 Å². The number of nitrogens with zero attached hydrogens (tertiary/aromatic N) is 3. The van der Waals surface area contributed by atoms with Crippen LogP contribution in [0.25, 0.3) is 0 Å². The number of rotatable bonds is 1. The number of Topliss-reactive ketones (excluding diaryl/α,β-unsaturated/α-hetero) is 1. The molecular weight excluding hydrogens is 194 g/mol. The minimum absolute atomic E-state index is 0.0222. The van der Waals surface area contributed by atoms with Gasteiger partial charge >= 0.3 is 0 Å². The summed E-state index contributed by atoms with van der Waals surface area (Å²) in [4.78, 5) is 24.3. The first-order valence-corrected chi connectivity index (χ1v) is 4.90. The number of anilines is 1. The maximum atomic E-state index is 11.6. The first kappa shape index (κ1) is 9.89. The van der Waals surface area contributed by atoms with Crippen LogP contribution in [0, 0.1) is 6.92 Å². The maximum Gasteiger partial charge on any atom is 0.234 e. The maximum absolute atomic E-state index is 11.6. The van der Waals surface area contributed by atoms with Gasteiger partial charge < -0.3 is 4.90 Å². The van der Waals surface area contributed by atoms with Gasteiger partial charge in [-0.1, -0.05) is 0 Å². The molecule has 1 aromatic rings. The molecule has 0 radical (unpaired) electrons. The Bertz CT molecular complexity index is 422. The van der Waals surface area contributed by atoms with Gasteiger partial charge in [0.15, 0.2) is 0 Å². The van der Waals surface area contributed by atoms with Crippen LogP contribution in [-0.4, -0.2) is 28.0 Å². The molecule has 80 valence electrons. The molecule has 1 aliphatic rings. The van der Waals surface area contributed by atoms with Gasteiger partial charge in [0.2, 0.25) is 5.91 Å². The van der Waals surface area contributed by atoms with E-state index in [1.54, 1.807) is 9.58 Å². The molecular formula is C10H13N3O2. The van der Waals surface area contributed by atoms with Crippen molar-refractivity contribution in [3.63, 3.8) is 0 Å². The van der Waals surface area contributed by atoms with Gasteiger partial charge in [0, 0.05) is 26.2 Å². The van der Waals surface area contributed by atoms with Gasteiger partial charge in [0.05, 0.1) is 17.8 Å². The Morgan fingerprint density at radius 1 is 1.40 bits per heavy atom. The highest BCUT2D eigenvalue weighted by molar-refractivity contribution is 6.08. The van der Waals surface area contributed by atoms with E-state index in [1.807, 2.05) is 20.2 Å². The van der Waals surface area contributed by atoms with E-state index in [0.29, 0.717) is 13.0 Å². The van der Waals surface area contributed by atoms with Crippen LogP contribution in [0.5, 0.6) is 0 Å². The van der Waals surface area contributed by atoms with Crippen molar-refractivity contribution in [2.75, 3.05) is 11.4 Å². The van der Waals surface area contributed by atoms with Gasteiger partial charge in [-0.25, -0.2) is 0 Å². The Hall–Kier alpha value is -1.65. The number of aromatic nitrogens is 2. The molecule has 1 aromatic heterocycles. The second kappa shape index (κ2) is 3.49. The van der Waals surface area contributed by atoms with Crippen molar-refractivity contribution in [2.24, 2.45) is 7.05 Å². The van der Waals surface area contributed by atoms with Crippen LogP contribution < -0.4 is 4.90 Å². The smallest absolute Gasteiger partial charge is 0.234 e. The highest BCUT2D eigenvalue weighted by Crippen LogP contribution is 2.22. The molecule has 0 unspecified atom stereocenters. The fourth-order valence-electron chi connectivity index (χ4n) is 1.82. The van der Waals surface area contributed by atoms with E-state index in [-0.39, 0.29) is 18.1 Å². The number of carbonyl (C=O) groups excluding carboxylic acids is 2.